The number of furan rings is 1. The third-order valence-electron chi connectivity index (χ3n) is 6.40. The van der Waals surface area contributed by atoms with E-state index in [4.69, 9.17) is 29.0 Å². The second-order valence-electron chi connectivity index (χ2n) is 8.47. The van der Waals surface area contributed by atoms with E-state index in [2.05, 4.69) is 28.1 Å². The van der Waals surface area contributed by atoms with Gasteiger partial charge in [0.2, 0.25) is 11.8 Å². The molecule has 3 aliphatic heterocycles. The lowest BCUT2D eigenvalue weighted by Crippen LogP contribution is -2.42. The maximum atomic E-state index is 5.55. The van der Waals surface area contributed by atoms with Gasteiger partial charge in [0.1, 0.15) is 0 Å². The third-order valence-corrected chi connectivity index (χ3v) is 6.40. The third kappa shape index (κ3) is 3.48. The van der Waals surface area contributed by atoms with Gasteiger partial charge in [-0.25, -0.2) is 4.98 Å². The molecule has 0 fully saturated rings. The van der Waals surface area contributed by atoms with Gasteiger partial charge in [-0.1, -0.05) is 0 Å². The molecule has 0 bridgehead atoms. The van der Waals surface area contributed by atoms with Crippen molar-refractivity contribution in [3.05, 3.63) is 53.7 Å². The minimum atomic E-state index is 0.580. The molecule has 1 aromatic carbocycles. The fourth-order valence-electron chi connectivity index (χ4n) is 4.77. The molecule has 0 radical (unpaired) electrons. The molecule has 5 heterocycles. The van der Waals surface area contributed by atoms with Crippen LogP contribution in [0.2, 0.25) is 0 Å². The summed E-state index contributed by atoms with van der Waals surface area (Å²) in [4.78, 5) is 14.2. The summed E-state index contributed by atoms with van der Waals surface area (Å²) in [5.74, 6) is 4.47. The number of ether oxygens (including phenoxy) is 2. The zero-order valence-corrected chi connectivity index (χ0v) is 18.8. The van der Waals surface area contributed by atoms with Gasteiger partial charge in [0.05, 0.1) is 20.5 Å². The summed E-state index contributed by atoms with van der Waals surface area (Å²) < 4.78 is 18.4. The summed E-state index contributed by atoms with van der Waals surface area (Å²) in [6.07, 6.45) is 5.83. The van der Waals surface area contributed by atoms with Crippen molar-refractivity contribution < 1.29 is 13.9 Å². The maximum Gasteiger partial charge on any atom is 0.228 e. The average molecular weight is 447 g/mol. The molecule has 0 unspecified atom stereocenters. The van der Waals surface area contributed by atoms with Crippen LogP contribution in [-0.2, 0) is 13.0 Å². The molecular weight excluding hydrogens is 420 g/mol. The molecule has 33 heavy (non-hydrogen) atoms. The van der Waals surface area contributed by atoms with Crippen LogP contribution >= 0.6 is 0 Å². The highest BCUT2D eigenvalue weighted by molar-refractivity contribution is 5.90. The van der Waals surface area contributed by atoms with Crippen LogP contribution in [0.3, 0.4) is 0 Å². The highest BCUT2D eigenvalue weighted by Crippen LogP contribution is 2.34. The van der Waals surface area contributed by atoms with Crippen molar-refractivity contribution in [3.63, 3.8) is 0 Å². The fraction of sp³-hybridized carbons (Fsp3) is 0.375. The van der Waals surface area contributed by atoms with Crippen LogP contribution in [0.15, 0.2) is 46.1 Å². The van der Waals surface area contributed by atoms with Gasteiger partial charge in [0, 0.05) is 44.5 Å². The Morgan fingerprint density at radius 1 is 1.09 bits per heavy atom. The first-order valence-electron chi connectivity index (χ1n) is 11.2. The Kier molecular flexibility index (Phi) is 4.91. The van der Waals surface area contributed by atoms with Crippen LogP contribution in [-0.4, -0.2) is 70.9 Å². The molecular formula is C24H26N6O3. The Morgan fingerprint density at radius 2 is 1.94 bits per heavy atom. The number of benzene rings is 1. The minimum Gasteiger partial charge on any atom is -0.493 e. The molecule has 9 nitrogen and oxygen atoms in total. The number of aromatic nitrogens is 3. The van der Waals surface area contributed by atoms with Gasteiger partial charge in [-0.2, -0.15) is 4.68 Å². The zero-order chi connectivity index (χ0) is 22.4. The second kappa shape index (κ2) is 8.08. The normalized spacial score (nSPS) is 17.6. The molecule has 9 heteroatoms. The molecule has 0 spiro atoms. The molecule has 0 N–H and O–H groups in total. The number of nitrogens with zero attached hydrogens (tertiary/aromatic N) is 6. The van der Waals surface area contributed by atoms with E-state index in [0.717, 1.165) is 74.4 Å². The van der Waals surface area contributed by atoms with Gasteiger partial charge < -0.3 is 18.8 Å². The predicted molar refractivity (Wildman–Crippen MR) is 123 cm³/mol. The summed E-state index contributed by atoms with van der Waals surface area (Å²) in [5.41, 5.74) is 3.72. The first-order chi connectivity index (χ1) is 16.2. The van der Waals surface area contributed by atoms with E-state index >= 15 is 0 Å². The van der Waals surface area contributed by atoms with E-state index in [1.807, 2.05) is 16.8 Å². The van der Waals surface area contributed by atoms with Crippen molar-refractivity contribution in [3.8, 4) is 23.1 Å². The molecule has 6 rings (SSSR count). The molecule has 3 aromatic rings. The summed E-state index contributed by atoms with van der Waals surface area (Å²) in [6.45, 7) is 4.30. The molecule has 0 amide bonds. The summed E-state index contributed by atoms with van der Waals surface area (Å²) in [7, 11) is 3.36. The predicted octanol–water partition coefficient (Wildman–Crippen LogP) is 2.88. The Balaban J connectivity index is 1.31. The monoisotopic (exact) mass is 446 g/mol. The van der Waals surface area contributed by atoms with Crippen LogP contribution in [0.1, 0.15) is 23.4 Å². The van der Waals surface area contributed by atoms with E-state index in [1.165, 1.54) is 11.1 Å². The quantitative estimate of drug-likeness (QED) is 0.596. The van der Waals surface area contributed by atoms with E-state index in [1.54, 1.807) is 20.5 Å². The topological polar surface area (TPSA) is 81.2 Å². The molecule has 0 aliphatic carbocycles. The first kappa shape index (κ1) is 20.0. The van der Waals surface area contributed by atoms with Gasteiger partial charge in [0.15, 0.2) is 23.1 Å². The van der Waals surface area contributed by atoms with Crippen molar-refractivity contribution >= 4 is 11.5 Å². The molecule has 3 aliphatic rings. The molecule has 0 atom stereocenters. The molecule has 0 saturated heterocycles. The SMILES string of the molecule is COc1cc2c(cc1OC)CN(CC1=CN3CCCN=C3n3nc(-c4ccco4)nc31)CC2. The molecule has 0 saturated carbocycles. The standard InChI is InChI=1S/C24H26N6O3/c1-31-20-11-16-6-9-28(13-17(16)12-21(20)32-2)14-18-15-29-8-4-7-25-24(29)30-23(18)26-22(27-30)19-5-3-10-33-19/h3,5,10-12,15H,4,6-9,13-14H2,1-2H3. The number of aliphatic imine (C=N–C) groups is 1. The van der Waals surface area contributed by atoms with E-state index in [9.17, 15) is 0 Å². The largest absolute Gasteiger partial charge is 0.493 e. The smallest absolute Gasteiger partial charge is 0.228 e. The van der Waals surface area contributed by atoms with E-state index in [0.29, 0.717) is 11.6 Å². The van der Waals surface area contributed by atoms with Gasteiger partial charge in [0.25, 0.3) is 0 Å². The van der Waals surface area contributed by atoms with Crippen LogP contribution in [0.4, 0.5) is 0 Å². The summed E-state index contributed by atoms with van der Waals surface area (Å²) in [5, 5.41) is 4.75. The lowest BCUT2D eigenvalue weighted by molar-refractivity contribution is 0.281. The summed E-state index contributed by atoms with van der Waals surface area (Å²) >= 11 is 0. The number of rotatable bonds is 5. The second-order valence-corrected chi connectivity index (χ2v) is 8.47. The van der Waals surface area contributed by atoms with Gasteiger partial charge in [-0.05, 0) is 48.2 Å². The van der Waals surface area contributed by atoms with Crippen molar-refractivity contribution in [1.82, 2.24) is 24.6 Å². The first-order valence-corrected chi connectivity index (χ1v) is 11.2. The van der Waals surface area contributed by atoms with Crippen molar-refractivity contribution in [2.45, 2.75) is 19.4 Å². The van der Waals surface area contributed by atoms with Gasteiger partial charge in [-0.15, -0.1) is 5.10 Å². The van der Waals surface area contributed by atoms with Crippen molar-refractivity contribution in [2.75, 3.05) is 40.4 Å². The lowest BCUT2D eigenvalue weighted by atomic mass is 9.98. The van der Waals surface area contributed by atoms with E-state index in [-0.39, 0.29) is 0 Å². The highest BCUT2D eigenvalue weighted by atomic mass is 16.5. The Labute approximate surface area is 191 Å². The highest BCUT2D eigenvalue weighted by Gasteiger charge is 2.31. The maximum absolute atomic E-state index is 5.55. The zero-order valence-electron chi connectivity index (χ0n) is 18.8. The van der Waals surface area contributed by atoms with Crippen molar-refractivity contribution in [1.29, 1.82) is 0 Å². The average Bonchev–Trinajstić information content (AvgIpc) is 3.53. The number of hydrogen-bond acceptors (Lipinski definition) is 8. The Bertz CT molecular complexity index is 1240. The van der Waals surface area contributed by atoms with Gasteiger partial charge in [-0.3, -0.25) is 9.89 Å². The van der Waals surface area contributed by atoms with Crippen LogP contribution in [0, 0.1) is 0 Å². The van der Waals surface area contributed by atoms with Crippen LogP contribution in [0.25, 0.3) is 17.2 Å². The number of fused-ring (bicyclic) bond motifs is 4. The fourth-order valence-corrected chi connectivity index (χ4v) is 4.77. The molecule has 170 valence electrons. The number of hydrogen-bond donors (Lipinski definition) is 0. The lowest BCUT2D eigenvalue weighted by Gasteiger charge is -2.34. The van der Waals surface area contributed by atoms with Crippen molar-refractivity contribution in [2.24, 2.45) is 4.99 Å². The Hall–Kier alpha value is -3.59. The number of methoxy groups -OCH3 is 2. The van der Waals surface area contributed by atoms with Gasteiger partial charge >= 0.3 is 0 Å². The van der Waals surface area contributed by atoms with Crippen LogP contribution < -0.4 is 9.47 Å². The Morgan fingerprint density at radius 3 is 2.73 bits per heavy atom. The summed E-state index contributed by atoms with van der Waals surface area (Å²) in [6, 6.07) is 7.94. The molecule has 2 aromatic heterocycles. The minimum absolute atomic E-state index is 0.580. The van der Waals surface area contributed by atoms with E-state index < -0.39 is 0 Å². The van der Waals surface area contributed by atoms with Crippen LogP contribution in [0.5, 0.6) is 11.5 Å².